The Balaban J connectivity index is 0.000000293. The average molecular weight is 229 g/mol. The van der Waals surface area contributed by atoms with Gasteiger partial charge in [-0.3, -0.25) is 4.99 Å². The second-order valence-corrected chi connectivity index (χ2v) is 4.29. The van der Waals surface area contributed by atoms with Crippen molar-refractivity contribution in [2.24, 2.45) is 4.99 Å². The smallest absolute Gasteiger partial charge is 0.141 e. The molecule has 0 aromatic heterocycles. The van der Waals surface area contributed by atoms with E-state index in [9.17, 15) is 9.90 Å². The molecule has 0 aromatic carbocycles. The van der Waals surface area contributed by atoms with Crippen LogP contribution in [0.15, 0.2) is 17.4 Å². The van der Waals surface area contributed by atoms with Gasteiger partial charge in [-0.05, 0) is 0 Å². The summed E-state index contributed by atoms with van der Waals surface area (Å²) in [5.74, 6) is 0. The zero-order chi connectivity index (χ0) is 12.6. The number of carbonyl (C=O) groups excluding carboxylic acids is 1. The van der Waals surface area contributed by atoms with Gasteiger partial charge in [0, 0.05) is 18.6 Å². The Kier molecular flexibility index (Phi) is 6.36. The third kappa shape index (κ3) is 7.95. The second kappa shape index (κ2) is 6.97. The van der Waals surface area contributed by atoms with Crippen LogP contribution >= 0.6 is 0 Å². The summed E-state index contributed by atoms with van der Waals surface area (Å²) in [6.07, 6.45) is 3.06. The number of hydrogen-bond acceptors (Lipinski definition) is 4. The van der Waals surface area contributed by atoms with Crippen LogP contribution in [0.4, 0.5) is 4.79 Å². The van der Waals surface area contributed by atoms with Crippen molar-refractivity contribution in [3.8, 4) is 0 Å². The lowest BCUT2D eigenvalue weighted by atomic mass is 10.5. The lowest BCUT2D eigenvalue weighted by molar-refractivity contribution is -0.870. The van der Waals surface area contributed by atoms with Crippen LogP contribution in [0, 0.1) is 0 Å². The number of quaternary nitrogens is 1. The third-order valence-corrected chi connectivity index (χ3v) is 1.72. The number of carbonyl (C=O) groups is 1. The molecule has 6 nitrogen and oxygen atoms in total. The molecular weight excluding hydrogens is 210 g/mol. The van der Waals surface area contributed by atoms with Gasteiger partial charge < -0.3 is 24.4 Å². The van der Waals surface area contributed by atoms with Gasteiger partial charge in [-0.2, -0.15) is 0 Å². The normalized spacial score (nSPS) is 14.4. The summed E-state index contributed by atoms with van der Waals surface area (Å²) in [7, 11) is 6.16. The molecule has 1 amide bonds. The van der Waals surface area contributed by atoms with E-state index < -0.39 is 6.09 Å². The molecule has 1 aliphatic heterocycles. The maximum atomic E-state index is 10.1. The molecular formula is C10H19N3O3. The summed E-state index contributed by atoms with van der Waals surface area (Å²) in [6.45, 7) is 1.41. The van der Waals surface area contributed by atoms with E-state index in [1.165, 1.54) is 18.6 Å². The van der Waals surface area contributed by atoms with Gasteiger partial charge in [-0.15, -0.1) is 0 Å². The van der Waals surface area contributed by atoms with Crippen molar-refractivity contribution >= 4 is 12.3 Å². The minimum absolute atomic E-state index is 0.281. The standard InChI is InChI=1S/C5H6N2O2.C5H14NO/c8-5(9)7-3-1-6-2-4-7;1-6(2,3)4-5-7/h1-3H,4H2,(H,8,9);7H,4-5H2,1-3H3/q;+1/p-1. The average Bonchev–Trinajstić information content (AvgIpc) is 2.18. The fourth-order valence-corrected chi connectivity index (χ4v) is 0.811. The van der Waals surface area contributed by atoms with Crippen molar-refractivity contribution < 1.29 is 19.5 Å². The number of aliphatic imine (C=N–C) groups is 1. The maximum Gasteiger partial charge on any atom is 0.141 e. The van der Waals surface area contributed by atoms with Crippen molar-refractivity contribution in [3.63, 3.8) is 0 Å². The Hall–Kier alpha value is -1.40. The zero-order valence-electron chi connectivity index (χ0n) is 9.96. The number of carboxylic acid groups (broad SMARTS) is 1. The quantitative estimate of drug-likeness (QED) is 0.609. The van der Waals surface area contributed by atoms with Crippen LogP contribution in [0.1, 0.15) is 0 Å². The minimum atomic E-state index is -1.20. The summed E-state index contributed by atoms with van der Waals surface area (Å²) < 4.78 is 0.844. The van der Waals surface area contributed by atoms with Crippen LogP contribution in [0.3, 0.4) is 0 Å². The second-order valence-electron chi connectivity index (χ2n) is 4.29. The van der Waals surface area contributed by atoms with Gasteiger partial charge >= 0.3 is 0 Å². The predicted octanol–water partition coefficient (Wildman–Crippen LogP) is -1.13. The van der Waals surface area contributed by atoms with E-state index in [-0.39, 0.29) is 6.61 Å². The fraction of sp³-hybridized carbons (Fsp3) is 0.600. The lowest BCUT2D eigenvalue weighted by Gasteiger charge is -2.21. The highest BCUT2D eigenvalue weighted by molar-refractivity contribution is 5.72. The van der Waals surface area contributed by atoms with Crippen molar-refractivity contribution in [3.05, 3.63) is 12.4 Å². The van der Waals surface area contributed by atoms with Gasteiger partial charge in [0.25, 0.3) is 0 Å². The topological polar surface area (TPSA) is 76.0 Å². The van der Waals surface area contributed by atoms with Gasteiger partial charge in [0.15, 0.2) is 0 Å². The number of likely N-dealkylation sites (N-methyl/N-ethyl adjacent to an activating group) is 1. The Bertz CT molecular complexity index is 269. The van der Waals surface area contributed by atoms with Gasteiger partial charge in [-0.25, -0.2) is 0 Å². The van der Waals surface area contributed by atoms with E-state index in [1.54, 1.807) is 0 Å². The summed E-state index contributed by atoms with van der Waals surface area (Å²) in [6, 6.07) is 0. The maximum absolute atomic E-state index is 10.1. The highest BCUT2D eigenvalue weighted by Gasteiger charge is 2.02. The summed E-state index contributed by atoms with van der Waals surface area (Å²) in [5, 5.41) is 18.4. The Morgan fingerprint density at radius 2 is 2.19 bits per heavy atom. The van der Waals surface area contributed by atoms with Gasteiger partial charge in [0.1, 0.15) is 12.6 Å². The molecule has 0 fully saturated rings. The number of hydrogen-bond donors (Lipinski definition) is 1. The molecule has 6 heteroatoms. The molecule has 0 atom stereocenters. The fourth-order valence-electron chi connectivity index (χ4n) is 0.811. The number of amides is 1. The number of aliphatic hydroxyl groups excluding tert-OH is 1. The minimum Gasteiger partial charge on any atom is -0.530 e. The zero-order valence-corrected chi connectivity index (χ0v) is 9.96. The monoisotopic (exact) mass is 229 g/mol. The molecule has 16 heavy (non-hydrogen) atoms. The largest absolute Gasteiger partial charge is 0.530 e. The van der Waals surface area contributed by atoms with Gasteiger partial charge in [0.05, 0.1) is 34.3 Å². The first-order valence-corrected chi connectivity index (χ1v) is 4.94. The van der Waals surface area contributed by atoms with Crippen LogP contribution < -0.4 is 5.11 Å². The molecule has 0 spiro atoms. The molecule has 0 aromatic rings. The highest BCUT2D eigenvalue weighted by atomic mass is 16.4. The van der Waals surface area contributed by atoms with Gasteiger partial charge in [0.2, 0.25) is 0 Å². The third-order valence-electron chi connectivity index (χ3n) is 1.72. The first-order chi connectivity index (χ1) is 7.37. The number of nitrogens with zero attached hydrogens (tertiary/aromatic N) is 3. The summed E-state index contributed by atoms with van der Waals surface area (Å²) >= 11 is 0. The molecule has 0 radical (unpaired) electrons. The van der Waals surface area contributed by atoms with E-state index in [1.807, 2.05) is 0 Å². The molecule has 0 unspecified atom stereocenters. The van der Waals surface area contributed by atoms with Crippen LogP contribution in [-0.2, 0) is 0 Å². The SMILES string of the molecule is C[N+](C)(C)CCO.O=C([O-])N1C=CN=CC1. The van der Waals surface area contributed by atoms with Crippen molar-refractivity contribution in [2.45, 2.75) is 0 Å². The van der Waals surface area contributed by atoms with E-state index in [0.29, 0.717) is 6.54 Å². The Morgan fingerprint density at radius 3 is 2.38 bits per heavy atom. The van der Waals surface area contributed by atoms with Crippen LogP contribution in [0.25, 0.3) is 0 Å². The Labute approximate surface area is 95.7 Å². The van der Waals surface area contributed by atoms with E-state index >= 15 is 0 Å². The Morgan fingerprint density at radius 1 is 1.56 bits per heavy atom. The molecule has 0 aliphatic carbocycles. The molecule has 92 valence electrons. The van der Waals surface area contributed by atoms with Crippen molar-refractivity contribution in [2.75, 3.05) is 40.8 Å². The molecule has 1 N–H and O–H groups in total. The van der Waals surface area contributed by atoms with Crippen molar-refractivity contribution in [1.82, 2.24) is 4.90 Å². The predicted molar refractivity (Wildman–Crippen MR) is 59.7 cm³/mol. The van der Waals surface area contributed by atoms with Gasteiger partial charge in [-0.1, -0.05) is 0 Å². The number of rotatable bonds is 2. The summed E-state index contributed by atoms with van der Waals surface area (Å²) in [4.78, 5) is 14.8. The molecule has 1 aliphatic rings. The molecule has 1 heterocycles. The van der Waals surface area contributed by atoms with E-state index in [2.05, 4.69) is 26.1 Å². The van der Waals surface area contributed by atoms with Crippen molar-refractivity contribution in [1.29, 1.82) is 0 Å². The van der Waals surface area contributed by atoms with Crippen LogP contribution in [0.2, 0.25) is 0 Å². The van der Waals surface area contributed by atoms with E-state index in [4.69, 9.17) is 5.11 Å². The first kappa shape index (κ1) is 14.6. The lowest BCUT2D eigenvalue weighted by Crippen LogP contribution is -2.39. The molecule has 0 saturated carbocycles. The van der Waals surface area contributed by atoms with Crippen LogP contribution in [-0.4, -0.2) is 67.6 Å². The summed E-state index contributed by atoms with van der Waals surface area (Å²) in [5.41, 5.74) is 0. The molecule has 0 bridgehead atoms. The van der Waals surface area contributed by atoms with Crippen LogP contribution in [0.5, 0.6) is 0 Å². The first-order valence-electron chi connectivity index (χ1n) is 4.94. The highest BCUT2D eigenvalue weighted by Crippen LogP contribution is 1.92. The molecule has 1 rings (SSSR count). The number of aliphatic hydroxyl groups is 1. The molecule has 0 saturated heterocycles. The van der Waals surface area contributed by atoms with E-state index in [0.717, 1.165) is 15.9 Å².